The van der Waals surface area contributed by atoms with Gasteiger partial charge in [-0.2, -0.15) is 13.2 Å². The minimum absolute atomic E-state index is 0.107. The molecule has 172 valence electrons. The van der Waals surface area contributed by atoms with E-state index in [1.807, 2.05) is 0 Å². The molecule has 0 aliphatic carbocycles. The fraction of sp³-hybridized carbons (Fsp3) is 0.381. The zero-order chi connectivity index (χ0) is 23.3. The molecule has 32 heavy (non-hydrogen) atoms. The van der Waals surface area contributed by atoms with Crippen LogP contribution in [0.4, 0.5) is 18.9 Å². The standard InChI is InChI=1S/C21H22F3N3O4S/c1-30-16-9-14(20(29)27-7-3-4-8-27)15(10-17(16)31-2)26-18(28)12-32-19-6-5-13(11-25-19)21(22,23)24/h5-6,9-11H,3-4,7-8,12H2,1-2H3,(H,26,28). The van der Waals surface area contributed by atoms with E-state index >= 15 is 0 Å². The van der Waals surface area contributed by atoms with Crippen LogP contribution >= 0.6 is 11.8 Å². The van der Waals surface area contributed by atoms with E-state index < -0.39 is 17.6 Å². The van der Waals surface area contributed by atoms with Crippen LogP contribution in [-0.4, -0.2) is 54.8 Å². The number of likely N-dealkylation sites (tertiary alicyclic amines) is 1. The molecule has 3 rings (SSSR count). The highest BCUT2D eigenvalue weighted by molar-refractivity contribution is 7.99. The largest absolute Gasteiger partial charge is 0.493 e. The molecule has 0 unspecified atom stereocenters. The molecule has 1 aromatic carbocycles. The zero-order valence-corrected chi connectivity index (χ0v) is 18.3. The highest BCUT2D eigenvalue weighted by atomic mass is 32.2. The second kappa shape index (κ2) is 10.1. The summed E-state index contributed by atoms with van der Waals surface area (Å²) in [6.45, 7) is 1.27. The fourth-order valence-electron chi connectivity index (χ4n) is 3.21. The molecule has 1 saturated heterocycles. The number of carbonyl (C=O) groups is 2. The van der Waals surface area contributed by atoms with Crippen molar-refractivity contribution in [2.24, 2.45) is 0 Å². The van der Waals surface area contributed by atoms with Gasteiger partial charge < -0.3 is 19.7 Å². The van der Waals surface area contributed by atoms with Gasteiger partial charge in [-0.15, -0.1) is 0 Å². The van der Waals surface area contributed by atoms with Gasteiger partial charge in [-0.05, 0) is 31.0 Å². The van der Waals surface area contributed by atoms with Crippen molar-refractivity contribution in [3.05, 3.63) is 41.6 Å². The average molecular weight is 469 g/mol. The van der Waals surface area contributed by atoms with Crippen LogP contribution < -0.4 is 14.8 Å². The second-order valence-corrected chi connectivity index (χ2v) is 7.97. The van der Waals surface area contributed by atoms with Crippen LogP contribution in [0.15, 0.2) is 35.5 Å². The van der Waals surface area contributed by atoms with Gasteiger partial charge in [-0.3, -0.25) is 9.59 Å². The van der Waals surface area contributed by atoms with Gasteiger partial charge in [-0.1, -0.05) is 11.8 Å². The van der Waals surface area contributed by atoms with Crippen LogP contribution in [0, 0.1) is 0 Å². The summed E-state index contributed by atoms with van der Waals surface area (Å²) in [6.07, 6.45) is -1.92. The smallest absolute Gasteiger partial charge is 0.417 e. The van der Waals surface area contributed by atoms with Gasteiger partial charge in [-0.25, -0.2) is 4.98 Å². The Labute approximate surface area is 187 Å². The number of pyridine rings is 1. The van der Waals surface area contributed by atoms with Crippen molar-refractivity contribution in [3.8, 4) is 11.5 Å². The van der Waals surface area contributed by atoms with Crippen LogP contribution in [0.3, 0.4) is 0 Å². The summed E-state index contributed by atoms with van der Waals surface area (Å²) >= 11 is 0.983. The van der Waals surface area contributed by atoms with Crippen LogP contribution in [0.5, 0.6) is 11.5 Å². The molecular formula is C21H22F3N3O4S. The van der Waals surface area contributed by atoms with E-state index in [4.69, 9.17) is 9.47 Å². The summed E-state index contributed by atoms with van der Waals surface area (Å²) in [5, 5.41) is 2.97. The summed E-state index contributed by atoms with van der Waals surface area (Å²) in [5.41, 5.74) is -0.317. The molecule has 1 aromatic heterocycles. The Balaban J connectivity index is 1.74. The van der Waals surface area contributed by atoms with Crippen LogP contribution in [0.2, 0.25) is 0 Å². The van der Waals surface area contributed by atoms with Crippen molar-refractivity contribution in [2.75, 3.05) is 38.4 Å². The molecule has 0 atom stereocenters. The Kier molecular flexibility index (Phi) is 7.49. The summed E-state index contributed by atoms with van der Waals surface area (Å²) in [6, 6.07) is 5.16. The molecule has 1 fully saturated rings. The van der Waals surface area contributed by atoms with E-state index in [2.05, 4.69) is 10.3 Å². The van der Waals surface area contributed by atoms with Gasteiger partial charge in [0.05, 0.1) is 41.8 Å². The molecule has 2 amide bonds. The van der Waals surface area contributed by atoms with Crippen LogP contribution in [0.25, 0.3) is 0 Å². The predicted molar refractivity (Wildman–Crippen MR) is 113 cm³/mol. The minimum atomic E-state index is -4.47. The number of carbonyl (C=O) groups excluding carboxylic acids is 2. The van der Waals surface area contributed by atoms with Crippen LogP contribution in [0.1, 0.15) is 28.8 Å². The Morgan fingerprint density at radius 1 is 1.12 bits per heavy atom. The molecule has 2 aromatic rings. The first-order valence-corrected chi connectivity index (χ1v) is 10.7. The topological polar surface area (TPSA) is 80.8 Å². The lowest BCUT2D eigenvalue weighted by molar-refractivity contribution is -0.137. The number of halogens is 3. The summed E-state index contributed by atoms with van der Waals surface area (Å²) < 4.78 is 48.5. The maximum Gasteiger partial charge on any atom is 0.417 e. The first kappa shape index (κ1) is 23.7. The Bertz CT molecular complexity index is 977. The lowest BCUT2D eigenvalue weighted by Crippen LogP contribution is -2.29. The summed E-state index contributed by atoms with van der Waals surface area (Å²) in [7, 11) is 2.89. The number of amides is 2. The number of hydrogen-bond donors (Lipinski definition) is 1. The number of nitrogens with zero attached hydrogens (tertiary/aromatic N) is 2. The number of rotatable bonds is 7. The number of ether oxygens (including phenoxy) is 2. The molecule has 1 aliphatic heterocycles. The van der Waals surface area contributed by atoms with Gasteiger partial charge >= 0.3 is 6.18 Å². The fourth-order valence-corrected chi connectivity index (χ4v) is 3.85. The Hall–Kier alpha value is -2.95. The third-order valence-corrected chi connectivity index (χ3v) is 5.78. The van der Waals surface area contributed by atoms with E-state index in [0.29, 0.717) is 24.6 Å². The third-order valence-electron chi connectivity index (χ3n) is 4.84. The SMILES string of the molecule is COc1cc(NC(=O)CSc2ccc(C(F)(F)F)cn2)c(C(=O)N2CCCC2)cc1OC. The number of aromatic nitrogens is 1. The number of methoxy groups -OCH3 is 2. The van der Waals surface area contributed by atoms with E-state index in [0.717, 1.165) is 36.9 Å². The van der Waals surface area contributed by atoms with Crippen molar-refractivity contribution in [1.82, 2.24) is 9.88 Å². The Morgan fingerprint density at radius 3 is 2.34 bits per heavy atom. The molecule has 7 nitrogen and oxygen atoms in total. The van der Waals surface area contributed by atoms with E-state index in [1.165, 1.54) is 32.4 Å². The number of alkyl halides is 3. The number of nitrogens with one attached hydrogen (secondary N) is 1. The highest BCUT2D eigenvalue weighted by Gasteiger charge is 2.30. The molecule has 0 saturated carbocycles. The average Bonchev–Trinajstić information content (AvgIpc) is 3.31. The molecule has 0 radical (unpaired) electrons. The van der Waals surface area contributed by atoms with Crippen LogP contribution in [-0.2, 0) is 11.0 Å². The van der Waals surface area contributed by atoms with Gasteiger partial charge in [0.25, 0.3) is 5.91 Å². The quantitative estimate of drug-likeness (QED) is 0.616. The number of benzene rings is 1. The van der Waals surface area contributed by atoms with Gasteiger partial charge in [0.1, 0.15) is 0 Å². The zero-order valence-electron chi connectivity index (χ0n) is 17.5. The molecule has 11 heteroatoms. The van der Waals surface area contributed by atoms with E-state index in [-0.39, 0.29) is 27.9 Å². The first-order chi connectivity index (χ1) is 15.2. The van der Waals surface area contributed by atoms with Crippen molar-refractivity contribution in [3.63, 3.8) is 0 Å². The van der Waals surface area contributed by atoms with Gasteiger partial charge in [0.2, 0.25) is 5.91 Å². The molecular weight excluding hydrogens is 447 g/mol. The molecule has 1 aliphatic rings. The maximum atomic E-state index is 13.0. The lowest BCUT2D eigenvalue weighted by atomic mass is 10.1. The first-order valence-electron chi connectivity index (χ1n) is 9.74. The number of thioether (sulfide) groups is 1. The molecule has 0 bridgehead atoms. The molecule has 2 heterocycles. The minimum Gasteiger partial charge on any atom is -0.493 e. The Morgan fingerprint density at radius 2 is 1.78 bits per heavy atom. The van der Waals surface area contributed by atoms with E-state index in [1.54, 1.807) is 4.90 Å². The van der Waals surface area contributed by atoms with Crippen molar-refractivity contribution >= 4 is 29.3 Å². The third kappa shape index (κ3) is 5.64. The van der Waals surface area contributed by atoms with Crippen molar-refractivity contribution in [1.29, 1.82) is 0 Å². The lowest BCUT2D eigenvalue weighted by Gasteiger charge is -2.20. The highest BCUT2D eigenvalue weighted by Crippen LogP contribution is 2.35. The predicted octanol–water partition coefficient (Wildman–Crippen LogP) is 4.08. The van der Waals surface area contributed by atoms with E-state index in [9.17, 15) is 22.8 Å². The summed E-state index contributed by atoms with van der Waals surface area (Å²) in [4.78, 5) is 31.0. The maximum absolute atomic E-state index is 13.0. The monoisotopic (exact) mass is 469 g/mol. The van der Waals surface area contributed by atoms with Gasteiger partial charge in [0.15, 0.2) is 11.5 Å². The van der Waals surface area contributed by atoms with Crippen molar-refractivity contribution < 1.29 is 32.2 Å². The molecule has 0 spiro atoms. The van der Waals surface area contributed by atoms with Gasteiger partial charge in [0, 0.05) is 25.4 Å². The number of anilines is 1. The number of hydrogen-bond acceptors (Lipinski definition) is 6. The second-order valence-electron chi connectivity index (χ2n) is 6.97. The molecule has 1 N–H and O–H groups in total. The van der Waals surface area contributed by atoms with Crippen molar-refractivity contribution in [2.45, 2.75) is 24.0 Å². The normalized spacial score (nSPS) is 13.7. The summed E-state index contributed by atoms with van der Waals surface area (Å²) in [5.74, 6) is -0.0752.